The highest BCUT2D eigenvalue weighted by molar-refractivity contribution is 6.12. The lowest BCUT2D eigenvalue weighted by Crippen LogP contribution is -2.13. The van der Waals surface area contributed by atoms with Crippen molar-refractivity contribution >= 4 is 33.7 Å². The van der Waals surface area contributed by atoms with E-state index in [-0.39, 0.29) is 28.4 Å². The molecule has 0 heterocycles. The smallest absolute Gasteiger partial charge is 0.259 e. The second-order valence-corrected chi connectivity index (χ2v) is 7.30. The summed E-state index contributed by atoms with van der Waals surface area (Å²) in [5, 5.41) is 33.4. The first kappa shape index (κ1) is 20.1. The molecule has 0 radical (unpaired) electrons. The van der Waals surface area contributed by atoms with Gasteiger partial charge in [-0.05, 0) is 49.1 Å². The van der Waals surface area contributed by atoms with Gasteiger partial charge in [0.2, 0.25) is 0 Å². The molecule has 0 atom stereocenters. The molecule has 0 aliphatic rings. The monoisotopic (exact) mass is 411 g/mol. The van der Waals surface area contributed by atoms with Gasteiger partial charge >= 0.3 is 0 Å². The molecule has 0 saturated heterocycles. The number of rotatable bonds is 4. The van der Waals surface area contributed by atoms with Crippen molar-refractivity contribution in [1.29, 1.82) is 0 Å². The highest BCUT2D eigenvalue weighted by Crippen LogP contribution is 2.40. The van der Waals surface area contributed by atoms with Crippen molar-refractivity contribution < 1.29 is 15.0 Å². The molecule has 6 heteroatoms. The zero-order valence-corrected chi connectivity index (χ0v) is 17.1. The zero-order valence-electron chi connectivity index (χ0n) is 17.1. The van der Waals surface area contributed by atoms with Gasteiger partial charge in [-0.3, -0.25) is 4.79 Å². The normalized spacial score (nSPS) is 11.2. The Morgan fingerprint density at radius 1 is 0.871 bits per heavy atom. The maximum atomic E-state index is 13.0. The average molecular weight is 411 g/mol. The third-order valence-electron chi connectivity index (χ3n) is 5.01. The Morgan fingerprint density at radius 3 is 2.39 bits per heavy atom. The van der Waals surface area contributed by atoms with Gasteiger partial charge < -0.3 is 15.5 Å². The Bertz CT molecular complexity index is 1330. The second kappa shape index (κ2) is 8.28. The third kappa shape index (κ3) is 4.09. The molecular weight excluding hydrogens is 390 g/mol. The fourth-order valence-corrected chi connectivity index (χ4v) is 3.39. The van der Waals surface area contributed by atoms with Gasteiger partial charge in [0.05, 0.1) is 5.56 Å². The number of anilines is 1. The standard InChI is InChI=1S/C25H21N3O3/c1-15-11-12-20(16(2)13-15)26-25(31)19-14-17-7-3-4-8-18(17)23(24(19)30)28-27-21-9-5-6-10-22(21)29/h3-14,29-30H,1-2H3,(H,26,31). The summed E-state index contributed by atoms with van der Waals surface area (Å²) in [4.78, 5) is 13.0. The Hall–Kier alpha value is -4.19. The van der Waals surface area contributed by atoms with Crippen LogP contribution >= 0.6 is 0 Å². The van der Waals surface area contributed by atoms with Crippen molar-refractivity contribution in [2.45, 2.75) is 13.8 Å². The number of amides is 1. The Balaban J connectivity index is 1.79. The van der Waals surface area contributed by atoms with Gasteiger partial charge in [-0.15, -0.1) is 10.2 Å². The number of carbonyl (C=O) groups excluding carboxylic acids is 1. The fraction of sp³-hybridized carbons (Fsp3) is 0.0800. The van der Waals surface area contributed by atoms with Gasteiger partial charge in [0.1, 0.15) is 17.1 Å². The van der Waals surface area contributed by atoms with E-state index in [4.69, 9.17) is 0 Å². The van der Waals surface area contributed by atoms with Gasteiger partial charge in [0.15, 0.2) is 5.75 Å². The average Bonchev–Trinajstić information content (AvgIpc) is 2.75. The molecule has 1 amide bonds. The minimum atomic E-state index is -0.450. The van der Waals surface area contributed by atoms with Crippen molar-refractivity contribution in [1.82, 2.24) is 0 Å². The highest BCUT2D eigenvalue weighted by atomic mass is 16.3. The van der Waals surface area contributed by atoms with Crippen LogP contribution in [0.4, 0.5) is 17.1 Å². The zero-order chi connectivity index (χ0) is 22.0. The summed E-state index contributed by atoms with van der Waals surface area (Å²) in [5.74, 6) is -0.756. The van der Waals surface area contributed by atoms with Gasteiger partial charge in [-0.25, -0.2) is 0 Å². The number of fused-ring (bicyclic) bond motifs is 1. The van der Waals surface area contributed by atoms with Crippen LogP contribution in [0.5, 0.6) is 11.5 Å². The van der Waals surface area contributed by atoms with Crippen molar-refractivity contribution in [2.75, 3.05) is 5.32 Å². The van der Waals surface area contributed by atoms with E-state index in [9.17, 15) is 15.0 Å². The van der Waals surface area contributed by atoms with Crippen LogP contribution in [0.2, 0.25) is 0 Å². The van der Waals surface area contributed by atoms with Crippen LogP contribution in [-0.4, -0.2) is 16.1 Å². The van der Waals surface area contributed by atoms with Crippen LogP contribution in [0, 0.1) is 13.8 Å². The maximum absolute atomic E-state index is 13.0. The molecule has 31 heavy (non-hydrogen) atoms. The topological polar surface area (TPSA) is 94.3 Å². The van der Waals surface area contributed by atoms with Crippen LogP contribution < -0.4 is 5.32 Å². The van der Waals surface area contributed by atoms with E-state index in [1.165, 1.54) is 6.07 Å². The van der Waals surface area contributed by atoms with E-state index in [0.29, 0.717) is 11.1 Å². The van der Waals surface area contributed by atoms with Crippen LogP contribution in [0.3, 0.4) is 0 Å². The van der Waals surface area contributed by atoms with Crippen molar-refractivity contribution in [3.63, 3.8) is 0 Å². The summed E-state index contributed by atoms with van der Waals surface area (Å²) in [7, 11) is 0. The Labute approximate surface area is 179 Å². The lowest BCUT2D eigenvalue weighted by molar-refractivity contribution is 0.102. The lowest BCUT2D eigenvalue weighted by Gasteiger charge is -2.13. The lowest BCUT2D eigenvalue weighted by atomic mass is 10.0. The fourth-order valence-electron chi connectivity index (χ4n) is 3.39. The number of aryl methyl sites for hydroxylation is 2. The number of hydrogen-bond donors (Lipinski definition) is 3. The quantitative estimate of drug-likeness (QED) is 0.333. The number of nitrogens with one attached hydrogen (secondary N) is 1. The van der Waals surface area contributed by atoms with E-state index in [0.717, 1.165) is 16.5 Å². The molecular formula is C25H21N3O3. The molecule has 4 rings (SSSR count). The minimum Gasteiger partial charge on any atom is -0.506 e. The van der Waals surface area contributed by atoms with Gasteiger partial charge in [0.25, 0.3) is 5.91 Å². The number of benzene rings is 4. The molecule has 4 aromatic carbocycles. The molecule has 0 aromatic heterocycles. The molecule has 4 aromatic rings. The third-order valence-corrected chi connectivity index (χ3v) is 5.01. The summed E-state index contributed by atoms with van der Waals surface area (Å²) < 4.78 is 0. The number of nitrogens with zero attached hydrogens (tertiary/aromatic N) is 2. The molecule has 3 N–H and O–H groups in total. The van der Waals surface area contributed by atoms with Gasteiger partial charge in [0, 0.05) is 11.1 Å². The summed E-state index contributed by atoms with van der Waals surface area (Å²) in [6.45, 7) is 3.89. The first-order chi connectivity index (χ1) is 14.9. The first-order valence-electron chi connectivity index (χ1n) is 9.77. The Kier molecular flexibility index (Phi) is 5.37. The van der Waals surface area contributed by atoms with Crippen molar-refractivity contribution in [2.24, 2.45) is 10.2 Å². The predicted molar refractivity (Wildman–Crippen MR) is 122 cm³/mol. The highest BCUT2D eigenvalue weighted by Gasteiger charge is 2.19. The molecule has 6 nitrogen and oxygen atoms in total. The predicted octanol–water partition coefficient (Wildman–Crippen LogP) is 6.54. The summed E-state index contributed by atoms with van der Waals surface area (Å²) in [6.07, 6.45) is 0. The van der Waals surface area contributed by atoms with E-state index in [1.807, 2.05) is 50.2 Å². The summed E-state index contributed by atoms with van der Waals surface area (Å²) >= 11 is 0. The largest absolute Gasteiger partial charge is 0.506 e. The number of hydrogen-bond acceptors (Lipinski definition) is 5. The number of azo groups is 1. The van der Waals surface area contributed by atoms with Gasteiger partial charge in [-0.2, -0.15) is 0 Å². The Morgan fingerprint density at radius 2 is 1.61 bits per heavy atom. The number of phenols is 2. The maximum Gasteiger partial charge on any atom is 0.259 e. The molecule has 0 fully saturated rings. The number of para-hydroxylation sites is 1. The van der Waals surface area contributed by atoms with E-state index in [1.54, 1.807) is 30.3 Å². The van der Waals surface area contributed by atoms with Crippen LogP contribution in [0.25, 0.3) is 10.8 Å². The van der Waals surface area contributed by atoms with Crippen molar-refractivity contribution in [3.8, 4) is 11.5 Å². The van der Waals surface area contributed by atoms with E-state index >= 15 is 0 Å². The second-order valence-electron chi connectivity index (χ2n) is 7.30. The van der Waals surface area contributed by atoms with Crippen molar-refractivity contribution in [3.05, 3.63) is 89.5 Å². The van der Waals surface area contributed by atoms with E-state index < -0.39 is 5.91 Å². The number of aromatic hydroxyl groups is 2. The molecule has 0 saturated carbocycles. The molecule has 0 aliphatic heterocycles. The molecule has 0 spiro atoms. The number of carbonyl (C=O) groups is 1. The molecule has 0 unspecified atom stereocenters. The van der Waals surface area contributed by atoms with Gasteiger partial charge in [-0.1, -0.05) is 54.1 Å². The minimum absolute atomic E-state index is 0.0289. The summed E-state index contributed by atoms with van der Waals surface area (Å²) in [5.41, 5.74) is 3.19. The molecule has 0 bridgehead atoms. The van der Waals surface area contributed by atoms with Crippen LogP contribution in [-0.2, 0) is 0 Å². The SMILES string of the molecule is Cc1ccc(NC(=O)c2cc3ccccc3c(N=Nc3ccccc3O)c2O)c(C)c1. The molecule has 154 valence electrons. The number of phenolic OH excluding ortho intramolecular Hbond substituents is 2. The van der Waals surface area contributed by atoms with Crippen LogP contribution in [0.15, 0.2) is 83.0 Å². The van der Waals surface area contributed by atoms with Crippen LogP contribution in [0.1, 0.15) is 21.5 Å². The summed E-state index contributed by atoms with van der Waals surface area (Å²) in [6, 6.07) is 21.1. The molecule has 0 aliphatic carbocycles. The first-order valence-corrected chi connectivity index (χ1v) is 9.77. The van der Waals surface area contributed by atoms with E-state index in [2.05, 4.69) is 15.5 Å².